The molecule has 10 heteroatoms. The number of carboxylic acids is 1. The third-order valence-corrected chi connectivity index (χ3v) is 5.58. The van der Waals surface area contributed by atoms with Crippen LogP contribution in [0, 0.1) is 5.92 Å². The topological polar surface area (TPSA) is 119 Å². The van der Waals surface area contributed by atoms with E-state index in [2.05, 4.69) is 27.8 Å². The van der Waals surface area contributed by atoms with Crippen molar-refractivity contribution < 1.29 is 19.5 Å². The molecule has 2 fully saturated rings. The second-order valence-corrected chi connectivity index (χ2v) is 6.75. The van der Waals surface area contributed by atoms with Crippen LogP contribution < -0.4 is 0 Å². The number of carbonyl (C=O) groups is 3. The van der Waals surface area contributed by atoms with Gasteiger partial charge in [-0.25, -0.2) is 9.78 Å². The first kappa shape index (κ1) is 15.2. The van der Waals surface area contributed by atoms with Crippen LogP contribution in [0.2, 0.25) is 0 Å². The molecule has 1 aromatic heterocycles. The molecule has 0 spiro atoms. The van der Waals surface area contributed by atoms with Crippen molar-refractivity contribution in [2.75, 3.05) is 6.54 Å². The molecule has 0 aromatic carbocycles. The molecule has 126 valence electrons. The molecule has 0 bridgehead atoms. The van der Waals surface area contributed by atoms with Crippen molar-refractivity contribution in [3.63, 3.8) is 0 Å². The van der Waals surface area contributed by atoms with Crippen LogP contribution in [0.1, 0.15) is 24.4 Å². The molecule has 1 unspecified atom stereocenters. The number of carboxylic acid groups (broad SMARTS) is 1. The van der Waals surface area contributed by atoms with Crippen LogP contribution >= 0.6 is 12.6 Å². The standard InChI is InChI=1S/C14H15N5O4S/c1-5(20)18-3-6-2-7(11(24)12-15-4-16-17-12)9(14(22)23)19-8(6)10(18)13(19)21/h4,6,8,10-11,24H,2-3H2,1H3,(H,22,23)(H,15,16,17)/t6-,8-,10+,11?/m1/s1. The van der Waals surface area contributed by atoms with Gasteiger partial charge in [-0.1, -0.05) is 0 Å². The average Bonchev–Trinajstić information content (AvgIpc) is 3.17. The zero-order valence-electron chi connectivity index (χ0n) is 12.7. The Bertz CT molecular complexity index is 776. The summed E-state index contributed by atoms with van der Waals surface area (Å²) in [5, 5.41) is 15.5. The quantitative estimate of drug-likeness (QED) is 0.503. The van der Waals surface area contributed by atoms with Crippen molar-refractivity contribution in [1.29, 1.82) is 0 Å². The van der Waals surface area contributed by atoms with E-state index >= 15 is 0 Å². The molecule has 0 radical (unpaired) electrons. The van der Waals surface area contributed by atoms with Gasteiger partial charge in [0.25, 0.3) is 5.91 Å². The Morgan fingerprint density at radius 1 is 1.50 bits per heavy atom. The summed E-state index contributed by atoms with van der Waals surface area (Å²) in [6, 6.07) is -0.793. The summed E-state index contributed by atoms with van der Waals surface area (Å²) >= 11 is 4.49. The van der Waals surface area contributed by atoms with E-state index in [1.807, 2.05) is 0 Å². The van der Waals surface area contributed by atoms with E-state index in [1.165, 1.54) is 18.2 Å². The zero-order valence-corrected chi connectivity index (χ0v) is 13.6. The van der Waals surface area contributed by atoms with Gasteiger partial charge in [-0.05, 0) is 12.0 Å². The molecule has 4 atom stereocenters. The Balaban J connectivity index is 1.77. The molecule has 0 saturated carbocycles. The van der Waals surface area contributed by atoms with Gasteiger partial charge in [0.15, 0.2) is 0 Å². The number of hydrogen-bond acceptors (Lipinski definition) is 6. The fourth-order valence-corrected chi connectivity index (χ4v) is 4.40. The number of thiol groups is 1. The fraction of sp³-hybridized carbons (Fsp3) is 0.500. The van der Waals surface area contributed by atoms with Crippen molar-refractivity contribution in [2.24, 2.45) is 5.92 Å². The largest absolute Gasteiger partial charge is 0.477 e. The maximum absolute atomic E-state index is 12.5. The van der Waals surface area contributed by atoms with E-state index in [9.17, 15) is 19.5 Å². The maximum Gasteiger partial charge on any atom is 0.352 e. The predicted molar refractivity (Wildman–Crippen MR) is 82.7 cm³/mol. The second kappa shape index (κ2) is 5.07. The number of likely N-dealkylation sites (tertiary alicyclic amines) is 1. The van der Waals surface area contributed by atoms with Gasteiger partial charge in [-0.2, -0.15) is 17.7 Å². The number of hydrogen-bond donors (Lipinski definition) is 3. The van der Waals surface area contributed by atoms with Crippen molar-refractivity contribution in [2.45, 2.75) is 30.7 Å². The van der Waals surface area contributed by atoms with Crippen LogP contribution in [-0.2, 0) is 14.4 Å². The predicted octanol–water partition coefficient (Wildman–Crippen LogP) is -0.424. The SMILES string of the molecule is CC(=O)N1C[C@H]2CC(C(S)c3ncn[nH]3)=C(C(=O)O)N3C(=O)[C@@H]1[C@@H]23. The first-order chi connectivity index (χ1) is 11.4. The Morgan fingerprint density at radius 3 is 2.83 bits per heavy atom. The van der Waals surface area contributed by atoms with Gasteiger partial charge in [-0.3, -0.25) is 19.6 Å². The molecule has 1 aromatic rings. The van der Waals surface area contributed by atoms with Gasteiger partial charge < -0.3 is 10.0 Å². The molecule has 3 aliphatic heterocycles. The summed E-state index contributed by atoms with van der Waals surface area (Å²) in [4.78, 5) is 43.0. The van der Waals surface area contributed by atoms with Crippen molar-refractivity contribution in [3.8, 4) is 0 Å². The van der Waals surface area contributed by atoms with Crippen LogP contribution in [0.3, 0.4) is 0 Å². The lowest BCUT2D eigenvalue weighted by molar-refractivity contribution is -0.159. The summed E-state index contributed by atoms with van der Waals surface area (Å²) in [6.45, 7) is 1.87. The Hall–Kier alpha value is -2.36. The van der Waals surface area contributed by atoms with E-state index < -0.39 is 17.3 Å². The van der Waals surface area contributed by atoms with Crippen LogP contribution in [-0.4, -0.2) is 66.5 Å². The van der Waals surface area contributed by atoms with Gasteiger partial charge in [0.1, 0.15) is 23.9 Å². The first-order valence-electron chi connectivity index (χ1n) is 7.51. The highest BCUT2D eigenvalue weighted by atomic mass is 32.1. The Kier molecular flexibility index (Phi) is 3.21. The number of β-lactam (4-membered cyclic amide) rings is 1. The highest BCUT2D eigenvalue weighted by molar-refractivity contribution is 7.80. The molecule has 4 heterocycles. The van der Waals surface area contributed by atoms with Gasteiger partial charge in [0, 0.05) is 19.4 Å². The first-order valence-corrected chi connectivity index (χ1v) is 8.03. The number of rotatable bonds is 3. The molecular formula is C14H15N5O4S. The van der Waals surface area contributed by atoms with Crippen molar-refractivity contribution in [1.82, 2.24) is 25.0 Å². The van der Waals surface area contributed by atoms with Crippen LogP contribution in [0.25, 0.3) is 0 Å². The molecule has 3 aliphatic rings. The summed E-state index contributed by atoms with van der Waals surface area (Å²) in [5.41, 5.74) is 0.473. The molecule has 2 N–H and O–H groups in total. The molecule has 2 amide bonds. The number of nitrogens with one attached hydrogen (secondary N) is 1. The normalized spacial score (nSPS) is 29.4. The fourth-order valence-electron chi connectivity index (χ4n) is 4.05. The third-order valence-electron chi connectivity index (χ3n) is 5.02. The third kappa shape index (κ3) is 1.86. The molecule has 2 saturated heterocycles. The lowest BCUT2D eigenvalue weighted by atomic mass is 9.78. The molecule has 0 aliphatic carbocycles. The zero-order chi connectivity index (χ0) is 17.2. The summed E-state index contributed by atoms with van der Waals surface area (Å²) in [6.07, 6.45) is 1.77. The summed E-state index contributed by atoms with van der Waals surface area (Å²) < 4.78 is 0. The highest BCUT2D eigenvalue weighted by Crippen LogP contribution is 2.50. The van der Waals surface area contributed by atoms with Crippen molar-refractivity contribution in [3.05, 3.63) is 23.4 Å². The summed E-state index contributed by atoms with van der Waals surface area (Å²) in [7, 11) is 0. The number of nitrogens with zero attached hydrogens (tertiary/aromatic N) is 4. The minimum absolute atomic E-state index is 0.00673. The van der Waals surface area contributed by atoms with Crippen molar-refractivity contribution >= 4 is 30.4 Å². The van der Waals surface area contributed by atoms with Crippen LogP contribution in [0.4, 0.5) is 0 Å². The Morgan fingerprint density at radius 2 is 2.25 bits per heavy atom. The van der Waals surface area contributed by atoms with E-state index in [0.29, 0.717) is 24.4 Å². The lowest BCUT2D eigenvalue weighted by Crippen LogP contribution is -2.69. The number of H-pyrrole nitrogens is 1. The van der Waals surface area contributed by atoms with Crippen LogP contribution in [0.15, 0.2) is 17.6 Å². The van der Waals surface area contributed by atoms with E-state index in [0.717, 1.165) is 0 Å². The van der Waals surface area contributed by atoms with Gasteiger partial charge in [0.2, 0.25) is 5.91 Å². The monoisotopic (exact) mass is 349 g/mol. The highest BCUT2D eigenvalue weighted by Gasteiger charge is 2.63. The smallest absolute Gasteiger partial charge is 0.352 e. The average molecular weight is 349 g/mol. The number of aliphatic carboxylic acids is 1. The lowest BCUT2D eigenvalue weighted by Gasteiger charge is -2.50. The summed E-state index contributed by atoms with van der Waals surface area (Å²) in [5.74, 6) is -1.25. The van der Waals surface area contributed by atoms with E-state index in [-0.39, 0.29) is 29.5 Å². The molecule has 4 rings (SSSR count). The Labute approximate surface area is 142 Å². The maximum atomic E-state index is 12.5. The molecular weight excluding hydrogens is 334 g/mol. The number of aromatic nitrogens is 3. The van der Waals surface area contributed by atoms with E-state index in [4.69, 9.17) is 0 Å². The molecule has 24 heavy (non-hydrogen) atoms. The number of carbonyl (C=O) groups excluding carboxylic acids is 2. The minimum atomic E-state index is -1.17. The van der Waals surface area contributed by atoms with Crippen LogP contribution in [0.5, 0.6) is 0 Å². The number of aromatic amines is 1. The second-order valence-electron chi connectivity index (χ2n) is 6.23. The molecule has 9 nitrogen and oxygen atoms in total. The van der Waals surface area contributed by atoms with Gasteiger partial charge in [0.05, 0.1) is 11.3 Å². The minimum Gasteiger partial charge on any atom is -0.477 e. The van der Waals surface area contributed by atoms with E-state index in [1.54, 1.807) is 4.90 Å². The number of amides is 2. The van der Waals surface area contributed by atoms with Gasteiger partial charge >= 0.3 is 5.97 Å². The van der Waals surface area contributed by atoms with Gasteiger partial charge in [-0.15, -0.1) is 0 Å².